The number of aryl methyl sites for hydroxylation is 1. The molecule has 1 aromatic carbocycles. The minimum Gasteiger partial charge on any atom is -0.449 e. The van der Waals surface area contributed by atoms with E-state index in [9.17, 15) is 14.4 Å². The molecule has 10 heteroatoms. The van der Waals surface area contributed by atoms with Crippen LogP contribution in [0.25, 0.3) is 10.9 Å². The third-order valence-corrected chi connectivity index (χ3v) is 6.83. The van der Waals surface area contributed by atoms with Crippen LogP contribution in [-0.4, -0.2) is 40.3 Å². The number of benzene rings is 1. The Labute approximate surface area is 221 Å². The number of urea groups is 1. The third kappa shape index (κ3) is 6.82. The number of nitrogens with zero attached hydrogens (tertiary/aromatic N) is 3. The molecule has 2 amide bonds. The molecule has 0 radical (unpaired) electrons. The molecule has 37 heavy (non-hydrogen) atoms. The van der Waals surface area contributed by atoms with Gasteiger partial charge in [0.15, 0.2) is 5.01 Å². The van der Waals surface area contributed by atoms with E-state index in [0.717, 1.165) is 55.9 Å². The molecular weight excluding hydrogens is 490 g/mol. The van der Waals surface area contributed by atoms with E-state index in [1.165, 1.54) is 17.6 Å². The van der Waals surface area contributed by atoms with E-state index >= 15 is 0 Å². The van der Waals surface area contributed by atoms with Gasteiger partial charge in [0.25, 0.3) is 0 Å². The van der Waals surface area contributed by atoms with E-state index in [1.54, 1.807) is 9.95 Å². The van der Waals surface area contributed by atoms with Crippen LogP contribution in [-0.2, 0) is 17.6 Å². The van der Waals surface area contributed by atoms with Gasteiger partial charge >= 0.3 is 12.1 Å². The molecule has 198 valence electrons. The Hall–Kier alpha value is -3.53. The summed E-state index contributed by atoms with van der Waals surface area (Å²) in [7, 11) is 0. The van der Waals surface area contributed by atoms with Crippen LogP contribution in [0.2, 0.25) is 0 Å². The standard InChI is InChI=1S/C27H35N5O4S/c1-4-7-11-18-12-10-14-20-22(18)23(21(13-8-5-2)32(20)27(35)36-15-9-6-3)24(33)25-30-19(17-37-25)16-29-31-26(28)34/h10,12,14,16-17H,4-9,11,13,15H2,1-3H3,(H3,28,31,34). The highest BCUT2D eigenvalue weighted by Gasteiger charge is 2.29. The first-order valence-corrected chi connectivity index (χ1v) is 13.7. The van der Waals surface area contributed by atoms with Gasteiger partial charge in [-0.2, -0.15) is 5.10 Å². The Balaban J connectivity index is 2.17. The zero-order chi connectivity index (χ0) is 26.8. The average molecular weight is 526 g/mol. The van der Waals surface area contributed by atoms with Crippen molar-refractivity contribution in [1.29, 1.82) is 0 Å². The van der Waals surface area contributed by atoms with Gasteiger partial charge < -0.3 is 10.5 Å². The highest BCUT2D eigenvalue weighted by molar-refractivity contribution is 7.12. The fourth-order valence-corrected chi connectivity index (χ4v) is 4.87. The van der Waals surface area contributed by atoms with Crippen molar-refractivity contribution in [3.8, 4) is 0 Å². The molecule has 0 atom stereocenters. The van der Waals surface area contributed by atoms with Gasteiger partial charge in [-0.15, -0.1) is 11.3 Å². The lowest BCUT2D eigenvalue weighted by atomic mass is 9.97. The summed E-state index contributed by atoms with van der Waals surface area (Å²) in [4.78, 5) is 42.6. The SMILES string of the molecule is CCCCOC(=O)n1c(CCCC)c(C(=O)c2nc(C=NNC(N)=O)cs2)c2c(CCCC)cccc21. The van der Waals surface area contributed by atoms with Gasteiger partial charge in [0.05, 0.1) is 29.6 Å². The van der Waals surface area contributed by atoms with Gasteiger partial charge in [-0.1, -0.05) is 52.2 Å². The fraction of sp³-hybridized carbons (Fsp3) is 0.444. The number of amides is 2. The molecule has 0 aliphatic carbocycles. The maximum absolute atomic E-state index is 14.0. The number of hydrogen-bond donors (Lipinski definition) is 2. The highest BCUT2D eigenvalue weighted by atomic mass is 32.1. The van der Waals surface area contributed by atoms with E-state index in [4.69, 9.17) is 10.5 Å². The molecule has 9 nitrogen and oxygen atoms in total. The van der Waals surface area contributed by atoms with Crippen molar-refractivity contribution in [2.45, 2.75) is 72.1 Å². The number of primary amides is 1. The summed E-state index contributed by atoms with van der Waals surface area (Å²) in [5, 5.41) is 6.48. The number of aromatic nitrogens is 2. The first-order valence-electron chi connectivity index (χ1n) is 12.8. The highest BCUT2D eigenvalue weighted by Crippen LogP contribution is 2.34. The number of unbranched alkanes of at least 4 members (excludes halogenated alkanes) is 3. The molecule has 0 aliphatic rings. The average Bonchev–Trinajstić information content (AvgIpc) is 3.48. The molecule has 3 aromatic rings. The van der Waals surface area contributed by atoms with E-state index in [0.29, 0.717) is 35.5 Å². The number of hydrogen-bond acceptors (Lipinski definition) is 7. The van der Waals surface area contributed by atoms with Crippen molar-refractivity contribution in [2.24, 2.45) is 10.8 Å². The smallest absolute Gasteiger partial charge is 0.418 e. The van der Waals surface area contributed by atoms with Crippen LogP contribution in [0.3, 0.4) is 0 Å². The molecule has 2 aromatic heterocycles. The van der Waals surface area contributed by atoms with Crippen LogP contribution >= 0.6 is 11.3 Å². The van der Waals surface area contributed by atoms with Crippen LogP contribution < -0.4 is 11.2 Å². The molecule has 3 rings (SSSR count). The largest absolute Gasteiger partial charge is 0.449 e. The van der Waals surface area contributed by atoms with Crippen molar-refractivity contribution in [1.82, 2.24) is 15.0 Å². The maximum atomic E-state index is 14.0. The van der Waals surface area contributed by atoms with Crippen LogP contribution in [0, 0.1) is 0 Å². The van der Waals surface area contributed by atoms with Gasteiger partial charge in [0.1, 0.15) is 0 Å². The lowest BCUT2D eigenvalue weighted by molar-refractivity contribution is 0.103. The minimum atomic E-state index is -0.790. The Bertz CT molecular complexity index is 1280. The Morgan fingerprint density at radius 2 is 1.84 bits per heavy atom. The van der Waals surface area contributed by atoms with Crippen molar-refractivity contribution >= 4 is 46.4 Å². The summed E-state index contributed by atoms with van der Waals surface area (Å²) >= 11 is 1.19. The molecule has 0 spiro atoms. The van der Waals surface area contributed by atoms with Crippen LogP contribution in [0.1, 0.15) is 91.6 Å². The van der Waals surface area contributed by atoms with E-state index < -0.39 is 12.1 Å². The molecule has 3 N–H and O–H groups in total. The van der Waals surface area contributed by atoms with Gasteiger partial charge in [0, 0.05) is 16.5 Å². The van der Waals surface area contributed by atoms with E-state index in [1.807, 2.05) is 25.1 Å². The lowest BCUT2D eigenvalue weighted by Gasteiger charge is -2.11. The number of nitrogens with one attached hydrogen (secondary N) is 1. The number of carbonyl (C=O) groups excluding carboxylic acids is 3. The summed E-state index contributed by atoms with van der Waals surface area (Å²) in [6.07, 6.45) is 7.62. The Morgan fingerprint density at radius 1 is 1.11 bits per heavy atom. The molecule has 0 fully saturated rings. The summed E-state index contributed by atoms with van der Waals surface area (Å²) in [6, 6.07) is 5.06. The minimum absolute atomic E-state index is 0.243. The summed E-state index contributed by atoms with van der Waals surface area (Å²) in [5.74, 6) is -0.243. The maximum Gasteiger partial charge on any atom is 0.418 e. The quantitative estimate of drug-likeness (QED) is 0.126. The fourth-order valence-electron chi connectivity index (χ4n) is 4.16. The molecule has 0 saturated carbocycles. The number of ketones is 1. The Kier molecular flexibility index (Phi) is 10.4. The molecule has 0 bridgehead atoms. The zero-order valence-corrected chi connectivity index (χ0v) is 22.5. The van der Waals surface area contributed by atoms with Crippen LogP contribution in [0.15, 0.2) is 28.7 Å². The van der Waals surface area contributed by atoms with Gasteiger partial charge in [0.2, 0.25) is 5.78 Å². The lowest BCUT2D eigenvalue weighted by Crippen LogP contribution is -2.24. The monoisotopic (exact) mass is 525 g/mol. The summed E-state index contributed by atoms with van der Waals surface area (Å²) < 4.78 is 7.22. The van der Waals surface area contributed by atoms with Gasteiger partial charge in [-0.25, -0.2) is 24.6 Å². The predicted octanol–water partition coefficient (Wildman–Crippen LogP) is 5.80. The third-order valence-electron chi connectivity index (χ3n) is 5.97. The second kappa shape index (κ2) is 13.7. The van der Waals surface area contributed by atoms with Gasteiger partial charge in [-0.3, -0.25) is 4.79 Å². The van der Waals surface area contributed by atoms with E-state index in [2.05, 4.69) is 29.4 Å². The summed E-state index contributed by atoms with van der Waals surface area (Å²) in [6.45, 7) is 6.57. The molecular formula is C27H35N5O4S. The van der Waals surface area contributed by atoms with Crippen molar-refractivity contribution in [3.63, 3.8) is 0 Å². The van der Waals surface area contributed by atoms with Gasteiger partial charge in [-0.05, 0) is 43.7 Å². The van der Waals surface area contributed by atoms with Crippen molar-refractivity contribution in [3.05, 3.63) is 51.1 Å². The summed E-state index contributed by atoms with van der Waals surface area (Å²) in [5.41, 5.74) is 10.5. The molecule has 2 heterocycles. The number of nitrogens with two attached hydrogens (primary N) is 1. The number of hydrazone groups is 1. The molecule has 0 aliphatic heterocycles. The number of carbonyl (C=O) groups is 3. The van der Waals surface area contributed by atoms with Crippen molar-refractivity contribution in [2.75, 3.05) is 6.61 Å². The predicted molar refractivity (Wildman–Crippen MR) is 147 cm³/mol. The normalized spacial score (nSPS) is 11.3. The molecule has 0 unspecified atom stereocenters. The van der Waals surface area contributed by atoms with E-state index in [-0.39, 0.29) is 10.8 Å². The number of ether oxygens (including phenoxy) is 1. The number of thiazole rings is 1. The van der Waals surface area contributed by atoms with Crippen LogP contribution in [0.4, 0.5) is 9.59 Å². The molecule has 0 saturated heterocycles. The second-order valence-corrected chi connectivity index (χ2v) is 9.64. The second-order valence-electron chi connectivity index (χ2n) is 8.78. The topological polar surface area (TPSA) is 129 Å². The zero-order valence-electron chi connectivity index (χ0n) is 21.7. The first kappa shape index (κ1) is 28.0. The van der Waals surface area contributed by atoms with Crippen LogP contribution in [0.5, 0.6) is 0 Å². The number of rotatable bonds is 13. The number of fused-ring (bicyclic) bond motifs is 1. The first-order chi connectivity index (χ1) is 17.9. The Morgan fingerprint density at radius 3 is 2.54 bits per heavy atom. The van der Waals surface area contributed by atoms with Crippen molar-refractivity contribution < 1.29 is 19.1 Å².